The van der Waals surface area contributed by atoms with Crippen molar-refractivity contribution in [3.05, 3.63) is 18.2 Å². The van der Waals surface area contributed by atoms with Gasteiger partial charge in [0.1, 0.15) is 24.1 Å². The van der Waals surface area contributed by atoms with Crippen molar-refractivity contribution in [2.45, 2.75) is 24.9 Å². The molecule has 3 atom stereocenters. The maximum absolute atomic E-state index is 9.40. The minimum Gasteiger partial charge on any atom is -0.388 e. The summed E-state index contributed by atoms with van der Waals surface area (Å²) in [6, 6.07) is 0. The molecule has 0 saturated heterocycles. The molecule has 1 aliphatic heterocycles. The zero-order valence-electron chi connectivity index (χ0n) is 6.33. The average molecular weight is 170 g/mol. The molecule has 66 valence electrons. The number of rotatable bonds is 0. The molecular formula is C7H10N2O3. The number of aliphatic hydroxyl groups excluding tert-OH is 3. The summed E-state index contributed by atoms with van der Waals surface area (Å²) in [7, 11) is 0. The monoisotopic (exact) mass is 170 g/mol. The summed E-state index contributed by atoms with van der Waals surface area (Å²) in [5.74, 6) is 0.410. The van der Waals surface area contributed by atoms with Crippen molar-refractivity contribution in [3.8, 4) is 0 Å². The molecule has 3 N–H and O–H groups in total. The maximum Gasteiger partial charge on any atom is 0.140 e. The number of hydrogen-bond donors (Lipinski definition) is 3. The van der Waals surface area contributed by atoms with E-state index in [2.05, 4.69) is 4.98 Å². The highest BCUT2D eigenvalue weighted by molar-refractivity contribution is 5.04. The summed E-state index contributed by atoms with van der Waals surface area (Å²) in [4.78, 5) is 3.86. The summed E-state index contributed by atoms with van der Waals surface area (Å²) in [5.41, 5.74) is 0. The van der Waals surface area contributed by atoms with Gasteiger partial charge in [-0.2, -0.15) is 0 Å². The molecule has 0 amide bonds. The van der Waals surface area contributed by atoms with E-state index in [1.54, 1.807) is 10.8 Å². The molecule has 12 heavy (non-hydrogen) atoms. The van der Waals surface area contributed by atoms with Gasteiger partial charge in [-0.05, 0) is 0 Å². The van der Waals surface area contributed by atoms with Crippen LogP contribution in [0, 0.1) is 0 Å². The third-order valence-corrected chi connectivity index (χ3v) is 2.11. The molecule has 0 aliphatic carbocycles. The van der Waals surface area contributed by atoms with Gasteiger partial charge in [-0.15, -0.1) is 0 Å². The summed E-state index contributed by atoms with van der Waals surface area (Å²) >= 11 is 0. The third-order valence-electron chi connectivity index (χ3n) is 2.11. The van der Waals surface area contributed by atoms with E-state index in [-0.39, 0.29) is 6.54 Å². The zero-order valence-corrected chi connectivity index (χ0v) is 6.33. The zero-order chi connectivity index (χ0) is 8.72. The average Bonchev–Trinajstić information content (AvgIpc) is 2.48. The first-order valence-corrected chi connectivity index (χ1v) is 3.75. The Labute approximate surface area is 68.9 Å². The van der Waals surface area contributed by atoms with Crippen LogP contribution in [0.2, 0.25) is 0 Å². The first kappa shape index (κ1) is 7.72. The summed E-state index contributed by atoms with van der Waals surface area (Å²) in [6.45, 7) is 0.285. The standard InChI is InChI=1S/C7H10N2O3/c10-4-3-9-2-1-8-7(9)6(12)5(4)11/h1-2,4-6,10-12H,3H2/t4-,5-,6-/m1/s1. The van der Waals surface area contributed by atoms with E-state index in [4.69, 9.17) is 0 Å². The second kappa shape index (κ2) is 2.55. The van der Waals surface area contributed by atoms with Crippen LogP contribution >= 0.6 is 0 Å². The quantitative estimate of drug-likeness (QED) is 0.450. The second-order valence-electron chi connectivity index (χ2n) is 2.94. The molecule has 5 nitrogen and oxygen atoms in total. The van der Waals surface area contributed by atoms with E-state index in [1.165, 1.54) is 6.20 Å². The molecule has 5 heteroatoms. The van der Waals surface area contributed by atoms with Crippen LogP contribution in [-0.2, 0) is 6.54 Å². The molecule has 1 aliphatic rings. The van der Waals surface area contributed by atoms with E-state index in [1.807, 2.05) is 0 Å². The Morgan fingerprint density at radius 1 is 1.42 bits per heavy atom. The Kier molecular flexibility index (Phi) is 1.64. The normalized spacial score (nSPS) is 34.8. The van der Waals surface area contributed by atoms with Crippen LogP contribution in [0.5, 0.6) is 0 Å². The van der Waals surface area contributed by atoms with Crippen molar-refractivity contribution in [3.63, 3.8) is 0 Å². The highest BCUT2D eigenvalue weighted by atomic mass is 16.4. The van der Waals surface area contributed by atoms with Crippen molar-refractivity contribution < 1.29 is 15.3 Å². The van der Waals surface area contributed by atoms with Crippen molar-refractivity contribution in [1.29, 1.82) is 0 Å². The van der Waals surface area contributed by atoms with E-state index >= 15 is 0 Å². The molecule has 0 fully saturated rings. The molecule has 1 aromatic rings. The van der Waals surface area contributed by atoms with Crippen LogP contribution < -0.4 is 0 Å². The lowest BCUT2D eigenvalue weighted by Crippen LogP contribution is -2.41. The van der Waals surface area contributed by atoms with Crippen molar-refractivity contribution >= 4 is 0 Å². The number of aliphatic hydroxyl groups is 3. The smallest absolute Gasteiger partial charge is 0.140 e. The number of hydrogen-bond acceptors (Lipinski definition) is 4. The van der Waals surface area contributed by atoms with Gasteiger partial charge in [0.25, 0.3) is 0 Å². The fraction of sp³-hybridized carbons (Fsp3) is 0.571. The second-order valence-corrected chi connectivity index (χ2v) is 2.94. The van der Waals surface area contributed by atoms with E-state index in [9.17, 15) is 15.3 Å². The van der Waals surface area contributed by atoms with Crippen LogP contribution in [0.25, 0.3) is 0 Å². The predicted octanol–water partition coefficient (Wildman–Crippen LogP) is -1.35. The summed E-state index contributed by atoms with van der Waals surface area (Å²) in [6.07, 6.45) is 0.0714. The fourth-order valence-electron chi connectivity index (χ4n) is 1.41. The van der Waals surface area contributed by atoms with Crippen molar-refractivity contribution in [1.82, 2.24) is 9.55 Å². The molecule has 0 saturated carbocycles. The number of aromatic nitrogens is 2. The predicted molar refractivity (Wildman–Crippen MR) is 39.2 cm³/mol. The first-order chi connectivity index (χ1) is 5.70. The van der Waals surface area contributed by atoms with Gasteiger partial charge in [0.15, 0.2) is 0 Å². The van der Waals surface area contributed by atoms with Crippen LogP contribution in [0.15, 0.2) is 12.4 Å². The number of imidazole rings is 1. The van der Waals surface area contributed by atoms with Crippen LogP contribution in [0.3, 0.4) is 0 Å². The Morgan fingerprint density at radius 2 is 2.17 bits per heavy atom. The molecular weight excluding hydrogens is 160 g/mol. The highest BCUT2D eigenvalue weighted by Gasteiger charge is 2.33. The van der Waals surface area contributed by atoms with Gasteiger partial charge in [-0.1, -0.05) is 0 Å². The summed E-state index contributed by atoms with van der Waals surface area (Å²) < 4.78 is 1.63. The van der Waals surface area contributed by atoms with Gasteiger partial charge in [-0.25, -0.2) is 4.98 Å². The molecule has 0 aromatic carbocycles. The SMILES string of the molecule is O[C@@H]1[C@H](O)Cn2ccnc2[C@@H]1O. The lowest BCUT2D eigenvalue weighted by atomic mass is 10.0. The summed E-state index contributed by atoms with van der Waals surface area (Å²) in [5, 5.41) is 27.9. The van der Waals surface area contributed by atoms with Gasteiger partial charge in [0.2, 0.25) is 0 Å². The first-order valence-electron chi connectivity index (χ1n) is 3.75. The molecule has 2 rings (SSSR count). The lowest BCUT2D eigenvalue weighted by molar-refractivity contribution is -0.0854. The van der Waals surface area contributed by atoms with Crippen molar-refractivity contribution in [2.75, 3.05) is 0 Å². The van der Waals surface area contributed by atoms with Gasteiger partial charge in [0, 0.05) is 12.4 Å². The molecule has 0 radical (unpaired) electrons. The number of nitrogens with zero attached hydrogens (tertiary/aromatic N) is 2. The minimum absolute atomic E-state index is 0.285. The largest absolute Gasteiger partial charge is 0.388 e. The Hall–Kier alpha value is -0.910. The van der Waals surface area contributed by atoms with Crippen LogP contribution in [0.4, 0.5) is 0 Å². The molecule has 0 bridgehead atoms. The molecule has 2 heterocycles. The maximum atomic E-state index is 9.40. The lowest BCUT2D eigenvalue weighted by Gasteiger charge is -2.28. The Balaban J connectivity index is 2.39. The van der Waals surface area contributed by atoms with Gasteiger partial charge < -0.3 is 19.9 Å². The van der Waals surface area contributed by atoms with Gasteiger partial charge in [-0.3, -0.25) is 0 Å². The Bertz CT molecular complexity index is 286. The van der Waals surface area contributed by atoms with Crippen LogP contribution in [-0.4, -0.2) is 37.1 Å². The highest BCUT2D eigenvalue weighted by Crippen LogP contribution is 2.23. The van der Waals surface area contributed by atoms with E-state index < -0.39 is 18.3 Å². The van der Waals surface area contributed by atoms with E-state index in [0.717, 1.165) is 0 Å². The van der Waals surface area contributed by atoms with Crippen LogP contribution in [0.1, 0.15) is 11.9 Å². The topological polar surface area (TPSA) is 78.5 Å². The number of fused-ring (bicyclic) bond motifs is 1. The van der Waals surface area contributed by atoms with E-state index in [0.29, 0.717) is 5.82 Å². The molecule has 0 spiro atoms. The molecule has 1 aromatic heterocycles. The third kappa shape index (κ3) is 0.945. The van der Waals surface area contributed by atoms with Gasteiger partial charge >= 0.3 is 0 Å². The fourth-order valence-corrected chi connectivity index (χ4v) is 1.41. The van der Waals surface area contributed by atoms with Gasteiger partial charge in [0.05, 0.1) is 6.54 Å². The van der Waals surface area contributed by atoms with Crippen molar-refractivity contribution in [2.24, 2.45) is 0 Å². The minimum atomic E-state index is -1.13. The molecule has 0 unspecified atom stereocenters. The Morgan fingerprint density at radius 3 is 2.92 bits per heavy atom.